The number of anilines is 1. The van der Waals surface area contributed by atoms with Crippen LogP contribution in [0.1, 0.15) is 37.0 Å². The molecule has 2 amide bonds. The predicted molar refractivity (Wildman–Crippen MR) is 158 cm³/mol. The average molecular weight is 586 g/mol. The quantitative estimate of drug-likeness (QED) is 0.319. The number of hydrogen-bond donors (Lipinski definition) is 1. The smallest absolute Gasteiger partial charge is 0.264 e. The molecule has 0 aliphatic rings. The summed E-state index contributed by atoms with van der Waals surface area (Å²) in [5.74, 6) is -0.270. The van der Waals surface area contributed by atoms with Crippen molar-refractivity contribution >= 4 is 39.1 Å². The summed E-state index contributed by atoms with van der Waals surface area (Å²) >= 11 is 6.27. The standard InChI is InChI=1S/C30H36ClN3O5S/c1-6-16-32-30(36)23(4)33(19-24-8-7-9-26(17-24)39-5)29(35)20-34(28-18-25(31)13-12-22(28)3)40(37,38)27-14-10-21(2)11-15-27/h7-15,17-18,23H,6,16,19-20H2,1-5H3,(H,32,36)/t23-/m1/s1. The molecule has 0 aliphatic carbocycles. The fourth-order valence-electron chi connectivity index (χ4n) is 4.15. The van der Waals surface area contributed by atoms with E-state index in [0.29, 0.717) is 22.9 Å². The number of amides is 2. The molecule has 0 saturated carbocycles. The van der Waals surface area contributed by atoms with Gasteiger partial charge in [0, 0.05) is 18.1 Å². The highest BCUT2D eigenvalue weighted by Crippen LogP contribution is 2.30. The highest BCUT2D eigenvalue weighted by Gasteiger charge is 2.33. The van der Waals surface area contributed by atoms with Crippen LogP contribution in [-0.4, -0.2) is 51.4 Å². The van der Waals surface area contributed by atoms with E-state index in [2.05, 4.69) is 5.32 Å². The summed E-state index contributed by atoms with van der Waals surface area (Å²) in [6.07, 6.45) is 0.735. The fourth-order valence-corrected chi connectivity index (χ4v) is 5.78. The molecule has 0 spiro atoms. The second-order valence-corrected chi connectivity index (χ2v) is 11.9. The van der Waals surface area contributed by atoms with Gasteiger partial charge in [-0.05, 0) is 74.7 Å². The maximum Gasteiger partial charge on any atom is 0.264 e. The summed E-state index contributed by atoms with van der Waals surface area (Å²) in [6.45, 7) is 7.18. The van der Waals surface area contributed by atoms with Gasteiger partial charge in [0.1, 0.15) is 18.3 Å². The van der Waals surface area contributed by atoms with Gasteiger partial charge in [0.2, 0.25) is 11.8 Å². The van der Waals surface area contributed by atoms with E-state index in [1.807, 2.05) is 19.9 Å². The Balaban J connectivity index is 2.07. The Bertz CT molecular complexity index is 1440. The van der Waals surface area contributed by atoms with E-state index < -0.39 is 28.5 Å². The van der Waals surface area contributed by atoms with Gasteiger partial charge in [-0.3, -0.25) is 13.9 Å². The molecule has 0 aromatic heterocycles. The first kappa shape index (κ1) is 31.0. The molecular formula is C30H36ClN3O5S. The number of nitrogens with one attached hydrogen (secondary N) is 1. The summed E-state index contributed by atoms with van der Waals surface area (Å²) in [7, 11) is -2.63. The van der Waals surface area contributed by atoms with Gasteiger partial charge in [-0.15, -0.1) is 0 Å². The summed E-state index contributed by atoms with van der Waals surface area (Å²) in [4.78, 5) is 28.4. The molecule has 8 nitrogen and oxygen atoms in total. The van der Waals surface area contributed by atoms with Gasteiger partial charge < -0.3 is 15.0 Å². The van der Waals surface area contributed by atoms with Crippen LogP contribution in [0.3, 0.4) is 0 Å². The zero-order chi connectivity index (χ0) is 29.4. The van der Waals surface area contributed by atoms with Gasteiger partial charge in [0.25, 0.3) is 10.0 Å². The minimum absolute atomic E-state index is 0.0401. The summed E-state index contributed by atoms with van der Waals surface area (Å²) < 4.78 is 34.3. The van der Waals surface area contributed by atoms with Crippen LogP contribution in [0.25, 0.3) is 0 Å². The molecule has 40 heavy (non-hydrogen) atoms. The van der Waals surface area contributed by atoms with Crippen molar-refractivity contribution in [2.75, 3.05) is 24.5 Å². The highest BCUT2D eigenvalue weighted by molar-refractivity contribution is 7.92. The van der Waals surface area contributed by atoms with Gasteiger partial charge in [0.05, 0.1) is 17.7 Å². The monoisotopic (exact) mass is 585 g/mol. The van der Waals surface area contributed by atoms with Crippen molar-refractivity contribution in [3.63, 3.8) is 0 Å². The molecule has 0 bridgehead atoms. The number of sulfonamides is 1. The first-order valence-electron chi connectivity index (χ1n) is 13.0. The highest BCUT2D eigenvalue weighted by atomic mass is 35.5. The second-order valence-electron chi connectivity index (χ2n) is 9.60. The van der Waals surface area contributed by atoms with Crippen molar-refractivity contribution in [3.05, 3.63) is 88.4 Å². The lowest BCUT2D eigenvalue weighted by atomic mass is 10.1. The molecule has 3 aromatic rings. The second kappa shape index (κ2) is 13.7. The number of benzene rings is 3. The molecule has 0 unspecified atom stereocenters. The lowest BCUT2D eigenvalue weighted by Crippen LogP contribution is -2.51. The number of aryl methyl sites for hydroxylation is 2. The van der Waals surface area contributed by atoms with Gasteiger partial charge in [-0.1, -0.05) is 54.4 Å². The molecule has 0 saturated heterocycles. The van der Waals surface area contributed by atoms with Gasteiger partial charge in [-0.2, -0.15) is 0 Å². The topological polar surface area (TPSA) is 96.0 Å². The first-order chi connectivity index (χ1) is 19.0. The van der Waals surface area contributed by atoms with E-state index in [4.69, 9.17) is 16.3 Å². The van der Waals surface area contributed by atoms with Crippen LogP contribution in [0.5, 0.6) is 5.75 Å². The van der Waals surface area contributed by atoms with E-state index in [1.165, 1.54) is 23.1 Å². The Morgan fingerprint density at radius 2 is 1.73 bits per heavy atom. The van der Waals surface area contributed by atoms with Crippen LogP contribution in [0, 0.1) is 13.8 Å². The van der Waals surface area contributed by atoms with E-state index in [0.717, 1.165) is 21.9 Å². The Hall–Kier alpha value is -3.56. The van der Waals surface area contributed by atoms with Gasteiger partial charge >= 0.3 is 0 Å². The SMILES string of the molecule is CCCNC(=O)[C@@H](C)N(Cc1cccc(OC)c1)C(=O)CN(c1cc(Cl)ccc1C)S(=O)(=O)c1ccc(C)cc1. The number of ether oxygens (including phenoxy) is 1. The largest absolute Gasteiger partial charge is 0.497 e. The zero-order valence-electron chi connectivity index (χ0n) is 23.5. The molecule has 10 heteroatoms. The van der Waals surface area contributed by atoms with Gasteiger partial charge in [0.15, 0.2) is 0 Å². The third kappa shape index (κ3) is 7.55. The van der Waals surface area contributed by atoms with Crippen molar-refractivity contribution in [2.45, 2.75) is 51.6 Å². The molecule has 1 atom stereocenters. The summed E-state index contributed by atoms with van der Waals surface area (Å²) in [6, 6.07) is 17.6. The van der Waals surface area contributed by atoms with Crippen LogP contribution in [0.15, 0.2) is 71.6 Å². The Morgan fingerprint density at radius 1 is 1.02 bits per heavy atom. The first-order valence-corrected chi connectivity index (χ1v) is 14.9. The number of carbonyl (C=O) groups excluding carboxylic acids is 2. The number of methoxy groups -OCH3 is 1. The molecular weight excluding hydrogens is 550 g/mol. The van der Waals surface area contributed by atoms with Crippen LogP contribution >= 0.6 is 11.6 Å². The maximum atomic E-state index is 14.0. The van der Waals surface area contributed by atoms with Crippen LogP contribution in [0.4, 0.5) is 5.69 Å². The van der Waals surface area contributed by atoms with E-state index in [9.17, 15) is 18.0 Å². The summed E-state index contributed by atoms with van der Waals surface area (Å²) in [5.41, 5.74) is 2.54. The average Bonchev–Trinajstić information content (AvgIpc) is 2.94. The fraction of sp³-hybridized carbons (Fsp3) is 0.333. The Kier molecular flexibility index (Phi) is 10.6. The van der Waals surface area contributed by atoms with Crippen molar-refractivity contribution in [2.24, 2.45) is 0 Å². The third-order valence-electron chi connectivity index (χ3n) is 6.53. The van der Waals surface area contributed by atoms with Crippen molar-refractivity contribution in [3.8, 4) is 5.75 Å². The third-order valence-corrected chi connectivity index (χ3v) is 8.54. The van der Waals surface area contributed by atoms with Crippen LogP contribution in [-0.2, 0) is 26.2 Å². The number of hydrogen-bond acceptors (Lipinski definition) is 5. The molecule has 0 aliphatic heterocycles. The van der Waals surface area contributed by atoms with Crippen molar-refractivity contribution in [1.82, 2.24) is 10.2 Å². The Labute approximate surface area is 241 Å². The number of halogens is 1. The zero-order valence-corrected chi connectivity index (χ0v) is 25.1. The van der Waals surface area contributed by atoms with E-state index in [1.54, 1.807) is 63.4 Å². The molecule has 214 valence electrons. The van der Waals surface area contributed by atoms with E-state index in [-0.39, 0.29) is 23.0 Å². The minimum atomic E-state index is -4.18. The molecule has 1 N–H and O–H groups in total. The normalized spacial score (nSPS) is 11.9. The Morgan fingerprint density at radius 3 is 2.38 bits per heavy atom. The maximum absolute atomic E-state index is 14.0. The predicted octanol–water partition coefficient (Wildman–Crippen LogP) is 5.10. The molecule has 0 heterocycles. The summed E-state index contributed by atoms with van der Waals surface area (Å²) in [5, 5.41) is 3.16. The van der Waals surface area contributed by atoms with Crippen LogP contribution < -0.4 is 14.4 Å². The van der Waals surface area contributed by atoms with Crippen molar-refractivity contribution in [1.29, 1.82) is 0 Å². The molecule has 3 aromatic carbocycles. The number of nitrogens with zero attached hydrogens (tertiary/aromatic N) is 2. The molecule has 0 radical (unpaired) electrons. The van der Waals surface area contributed by atoms with Gasteiger partial charge in [-0.25, -0.2) is 8.42 Å². The number of carbonyl (C=O) groups is 2. The van der Waals surface area contributed by atoms with Crippen LogP contribution in [0.2, 0.25) is 5.02 Å². The molecule has 3 rings (SSSR count). The lowest BCUT2D eigenvalue weighted by Gasteiger charge is -2.32. The number of rotatable bonds is 12. The van der Waals surface area contributed by atoms with E-state index >= 15 is 0 Å². The minimum Gasteiger partial charge on any atom is -0.497 e. The van der Waals surface area contributed by atoms with Crippen molar-refractivity contribution < 1.29 is 22.7 Å². The lowest BCUT2D eigenvalue weighted by molar-refractivity contribution is -0.139. The molecule has 0 fully saturated rings.